The molecule has 1 aromatic carbocycles. The Labute approximate surface area is 115 Å². The average molecular weight is 264 g/mol. The predicted octanol–water partition coefficient (Wildman–Crippen LogP) is 3.02. The third kappa shape index (κ3) is 3.77. The number of hydrogen-bond acceptors (Lipinski definition) is 2. The summed E-state index contributed by atoms with van der Waals surface area (Å²) in [4.78, 5) is 2.35. The van der Waals surface area contributed by atoms with Crippen LogP contribution in [0.1, 0.15) is 31.7 Å². The molecule has 106 valence electrons. The van der Waals surface area contributed by atoms with Gasteiger partial charge in [-0.3, -0.25) is 4.90 Å². The van der Waals surface area contributed by atoms with Gasteiger partial charge in [0.15, 0.2) is 0 Å². The second kappa shape index (κ2) is 6.49. The van der Waals surface area contributed by atoms with Gasteiger partial charge in [0.25, 0.3) is 0 Å². The van der Waals surface area contributed by atoms with Crippen molar-refractivity contribution in [1.82, 2.24) is 4.90 Å². The van der Waals surface area contributed by atoms with E-state index in [9.17, 15) is 4.39 Å². The highest BCUT2D eigenvalue weighted by Gasteiger charge is 2.30. The van der Waals surface area contributed by atoms with Gasteiger partial charge >= 0.3 is 0 Å². The summed E-state index contributed by atoms with van der Waals surface area (Å²) in [7, 11) is 2.14. The Bertz CT molecular complexity index is 407. The number of halogens is 1. The van der Waals surface area contributed by atoms with E-state index >= 15 is 0 Å². The summed E-state index contributed by atoms with van der Waals surface area (Å²) in [6.07, 6.45) is 3.70. The molecule has 3 heteroatoms. The molecular formula is C16H25FN2. The first kappa shape index (κ1) is 14.5. The lowest BCUT2D eigenvalue weighted by atomic mass is 9.78. The summed E-state index contributed by atoms with van der Waals surface area (Å²) in [6, 6.07) is 7.41. The zero-order valence-corrected chi connectivity index (χ0v) is 12.0. The molecule has 2 N–H and O–H groups in total. The molecule has 0 saturated heterocycles. The third-order valence-corrected chi connectivity index (χ3v) is 4.41. The Balaban J connectivity index is 2.02. The largest absolute Gasteiger partial charge is 0.330 e. The van der Waals surface area contributed by atoms with Crippen LogP contribution in [0.2, 0.25) is 0 Å². The topological polar surface area (TPSA) is 29.3 Å². The van der Waals surface area contributed by atoms with Gasteiger partial charge in [0.1, 0.15) is 5.82 Å². The van der Waals surface area contributed by atoms with E-state index in [1.54, 1.807) is 12.1 Å². The fraction of sp³-hybridized carbons (Fsp3) is 0.625. The van der Waals surface area contributed by atoms with Gasteiger partial charge in [-0.25, -0.2) is 4.39 Å². The van der Waals surface area contributed by atoms with E-state index in [2.05, 4.69) is 18.9 Å². The van der Waals surface area contributed by atoms with Crippen LogP contribution in [0.4, 0.5) is 4.39 Å². The summed E-state index contributed by atoms with van der Waals surface area (Å²) in [6.45, 7) is 3.87. The molecule has 3 atom stereocenters. The summed E-state index contributed by atoms with van der Waals surface area (Å²) in [5.41, 5.74) is 6.95. The molecule has 0 aliphatic heterocycles. The smallest absolute Gasteiger partial charge is 0.123 e. The van der Waals surface area contributed by atoms with Gasteiger partial charge in [-0.2, -0.15) is 0 Å². The highest BCUT2D eigenvalue weighted by atomic mass is 19.1. The summed E-state index contributed by atoms with van der Waals surface area (Å²) in [5.74, 6) is 1.19. The Kier molecular flexibility index (Phi) is 4.94. The summed E-state index contributed by atoms with van der Waals surface area (Å²) < 4.78 is 13.2. The molecule has 2 nitrogen and oxygen atoms in total. The van der Waals surface area contributed by atoms with Crippen molar-refractivity contribution >= 4 is 0 Å². The molecule has 0 aromatic heterocycles. The van der Waals surface area contributed by atoms with Crippen LogP contribution in [0, 0.1) is 17.7 Å². The number of rotatable bonds is 4. The van der Waals surface area contributed by atoms with E-state index in [1.807, 2.05) is 6.07 Å². The zero-order valence-electron chi connectivity index (χ0n) is 12.0. The minimum atomic E-state index is -0.154. The Morgan fingerprint density at radius 2 is 2.16 bits per heavy atom. The molecule has 2 rings (SSSR count). The number of benzene rings is 1. The van der Waals surface area contributed by atoms with Crippen molar-refractivity contribution in [2.75, 3.05) is 13.6 Å². The second-order valence-electron chi connectivity index (χ2n) is 6.03. The van der Waals surface area contributed by atoms with Crippen LogP contribution in [0.25, 0.3) is 0 Å². The predicted molar refractivity (Wildman–Crippen MR) is 77.2 cm³/mol. The van der Waals surface area contributed by atoms with Gasteiger partial charge in [-0.15, -0.1) is 0 Å². The average Bonchev–Trinajstić information content (AvgIpc) is 2.38. The van der Waals surface area contributed by atoms with Crippen LogP contribution in [0.15, 0.2) is 24.3 Å². The molecule has 19 heavy (non-hydrogen) atoms. The Morgan fingerprint density at radius 3 is 2.84 bits per heavy atom. The van der Waals surface area contributed by atoms with Crippen molar-refractivity contribution in [3.63, 3.8) is 0 Å². The van der Waals surface area contributed by atoms with E-state index in [0.717, 1.165) is 24.6 Å². The minimum absolute atomic E-state index is 0.154. The van der Waals surface area contributed by atoms with Gasteiger partial charge in [-0.05, 0) is 56.0 Å². The monoisotopic (exact) mass is 264 g/mol. The normalized spacial score (nSPS) is 27.7. The van der Waals surface area contributed by atoms with Gasteiger partial charge < -0.3 is 5.73 Å². The molecule has 0 amide bonds. The Hall–Kier alpha value is -0.930. The first-order valence-electron chi connectivity index (χ1n) is 7.25. The van der Waals surface area contributed by atoms with Crippen LogP contribution in [-0.4, -0.2) is 24.5 Å². The standard InChI is InChI=1S/C16H25FN2/c1-12-6-7-14(10-18)16(8-12)19(2)11-13-4-3-5-15(17)9-13/h3-5,9,12,14,16H,6-8,10-11,18H2,1-2H3. The van der Waals surface area contributed by atoms with E-state index in [-0.39, 0.29) is 5.82 Å². The molecule has 1 fully saturated rings. The van der Waals surface area contributed by atoms with Crippen LogP contribution in [0.3, 0.4) is 0 Å². The van der Waals surface area contributed by atoms with E-state index in [0.29, 0.717) is 12.0 Å². The van der Waals surface area contributed by atoms with Crippen molar-refractivity contribution in [2.45, 2.75) is 38.8 Å². The molecule has 1 aromatic rings. The zero-order chi connectivity index (χ0) is 13.8. The Morgan fingerprint density at radius 1 is 1.37 bits per heavy atom. The lowest BCUT2D eigenvalue weighted by Gasteiger charge is -2.40. The first-order valence-corrected chi connectivity index (χ1v) is 7.25. The maximum absolute atomic E-state index is 13.2. The van der Waals surface area contributed by atoms with E-state index < -0.39 is 0 Å². The van der Waals surface area contributed by atoms with Crippen molar-refractivity contribution in [3.05, 3.63) is 35.6 Å². The second-order valence-corrected chi connectivity index (χ2v) is 6.03. The summed E-state index contributed by atoms with van der Waals surface area (Å²) >= 11 is 0. The molecule has 0 radical (unpaired) electrons. The molecule has 0 heterocycles. The van der Waals surface area contributed by atoms with Crippen LogP contribution >= 0.6 is 0 Å². The van der Waals surface area contributed by atoms with Crippen LogP contribution < -0.4 is 5.73 Å². The molecule has 0 spiro atoms. The molecule has 1 aliphatic carbocycles. The van der Waals surface area contributed by atoms with Gasteiger partial charge in [0.2, 0.25) is 0 Å². The van der Waals surface area contributed by atoms with Gasteiger partial charge in [-0.1, -0.05) is 25.5 Å². The lowest BCUT2D eigenvalue weighted by molar-refractivity contribution is 0.103. The fourth-order valence-corrected chi connectivity index (χ4v) is 3.27. The molecule has 3 unspecified atom stereocenters. The van der Waals surface area contributed by atoms with Gasteiger partial charge in [0, 0.05) is 12.6 Å². The number of nitrogens with two attached hydrogens (primary N) is 1. The third-order valence-electron chi connectivity index (χ3n) is 4.41. The first-order chi connectivity index (χ1) is 9.10. The van der Waals surface area contributed by atoms with Crippen molar-refractivity contribution in [3.8, 4) is 0 Å². The minimum Gasteiger partial charge on any atom is -0.330 e. The van der Waals surface area contributed by atoms with Crippen molar-refractivity contribution in [2.24, 2.45) is 17.6 Å². The SMILES string of the molecule is CC1CCC(CN)C(N(C)Cc2cccc(F)c2)C1. The lowest BCUT2D eigenvalue weighted by Crippen LogP contribution is -2.44. The maximum Gasteiger partial charge on any atom is 0.123 e. The van der Waals surface area contributed by atoms with Crippen LogP contribution in [-0.2, 0) is 6.54 Å². The van der Waals surface area contributed by atoms with E-state index in [1.165, 1.54) is 25.3 Å². The van der Waals surface area contributed by atoms with E-state index in [4.69, 9.17) is 5.73 Å². The highest BCUT2D eigenvalue weighted by molar-refractivity contribution is 5.16. The number of hydrogen-bond donors (Lipinski definition) is 1. The molecule has 0 bridgehead atoms. The number of nitrogens with zero attached hydrogens (tertiary/aromatic N) is 1. The van der Waals surface area contributed by atoms with Gasteiger partial charge in [0.05, 0.1) is 0 Å². The van der Waals surface area contributed by atoms with Crippen LogP contribution in [0.5, 0.6) is 0 Å². The summed E-state index contributed by atoms with van der Waals surface area (Å²) in [5, 5.41) is 0. The van der Waals surface area contributed by atoms with Crippen molar-refractivity contribution in [1.29, 1.82) is 0 Å². The highest BCUT2D eigenvalue weighted by Crippen LogP contribution is 2.31. The van der Waals surface area contributed by atoms with Crippen molar-refractivity contribution < 1.29 is 4.39 Å². The maximum atomic E-state index is 13.2. The molecular weight excluding hydrogens is 239 g/mol. The fourth-order valence-electron chi connectivity index (χ4n) is 3.27. The molecule has 1 aliphatic rings. The molecule has 1 saturated carbocycles. The quantitative estimate of drug-likeness (QED) is 0.905.